The summed E-state index contributed by atoms with van der Waals surface area (Å²) < 4.78 is 8.14. The van der Waals surface area contributed by atoms with Gasteiger partial charge >= 0.3 is 6.09 Å². The second-order valence-corrected chi connectivity index (χ2v) is 7.57. The van der Waals surface area contributed by atoms with Crippen molar-refractivity contribution in [3.8, 4) is 0 Å². The first-order valence-electron chi connectivity index (χ1n) is 5.48. The highest BCUT2D eigenvalue weighted by atomic mass is 35.6. The molecule has 19 heavy (non-hydrogen) atoms. The van der Waals surface area contributed by atoms with E-state index in [0.29, 0.717) is 0 Å². The zero-order chi connectivity index (χ0) is 14.8. The van der Waals surface area contributed by atoms with Crippen LogP contribution in [0.1, 0.15) is 32.0 Å². The number of rotatable bonds is 2. The van der Waals surface area contributed by atoms with E-state index in [1.54, 1.807) is 6.92 Å². The first-order chi connectivity index (χ1) is 8.50. The van der Waals surface area contributed by atoms with Crippen molar-refractivity contribution in [1.29, 1.82) is 0 Å². The van der Waals surface area contributed by atoms with Crippen LogP contribution in [0.2, 0.25) is 0 Å². The number of hydrogen-bond donors (Lipinski definition) is 1. The van der Waals surface area contributed by atoms with Gasteiger partial charge in [0.1, 0.15) is 6.61 Å². The van der Waals surface area contributed by atoms with Crippen molar-refractivity contribution in [3.63, 3.8) is 0 Å². The number of ether oxygens (including phenoxy) is 1. The molecule has 1 aromatic heterocycles. The van der Waals surface area contributed by atoms with Gasteiger partial charge in [-0.2, -0.15) is 0 Å². The molecule has 0 bridgehead atoms. The Balaban J connectivity index is 2.69. The molecule has 0 aliphatic carbocycles. The topological polar surface area (TPSA) is 64.4 Å². The minimum absolute atomic E-state index is 0.186. The maximum atomic E-state index is 11.5. The van der Waals surface area contributed by atoms with Gasteiger partial charge in [0.05, 0.1) is 5.69 Å². The van der Waals surface area contributed by atoms with E-state index in [0.717, 1.165) is 11.3 Å². The van der Waals surface area contributed by atoms with E-state index in [-0.39, 0.29) is 17.9 Å². The van der Waals surface area contributed by atoms with Crippen LogP contribution in [-0.4, -0.2) is 21.6 Å². The predicted molar refractivity (Wildman–Crippen MR) is 75.2 cm³/mol. The van der Waals surface area contributed by atoms with E-state index in [2.05, 4.69) is 10.5 Å². The molecule has 108 valence electrons. The van der Waals surface area contributed by atoms with Gasteiger partial charge in [0.15, 0.2) is 0 Å². The summed E-state index contributed by atoms with van der Waals surface area (Å²) in [5.74, 6) is 0.222. The number of nitrogens with one attached hydrogen (secondary N) is 1. The Bertz CT molecular complexity index is 461. The number of aromatic nitrogens is 1. The minimum atomic E-state index is -1.65. The molecule has 0 atom stereocenters. The summed E-state index contributed by atoms with van der Waals surface area (Å²) in [5.41, 5.74) is 1.30. The first kappa shape index (κ1) is 16.4. The average molecular weight is 330 g/mol. The maximum Gasteiger partial charge on any atom is 0.414 e. The van der Waals surface area contributed by atoms with E-state index in [1.165, 1.54) is 0 Å². The fraction of sp³-hybridized carbons (Fsp3) is 0.636. The number of halogens is 3. The van der Waals surface area contributed by atoms with E-state index in [4.69, 9.17) is 44.1 Å². The molecule has 5 nitrogen and oxygen atoms in total. The quantitative estimate of drug-likeness (QED) is 0.826. The number of anilines is 1. The Morgan fingerprint density at radius 1 is 1.37 bits per heavy atom. The van der Waals surface area contributed by atoms with Crippen molar-refractivity contribution in [2.45, 2.75) is 36.9 Å². The monoisotopic (exact) mass is 328 g/mol. The molecule has 1 amide bonds. The van der Waals surface area contributed by atoms with Gasteiger partial charge in [0.25, 0.3) is 0 Å². The van der Waals surface area contributed by atoms with Crippen molar-refractivity contribution < 1.29 is 14.1 Å². The summed E-state index contributed by atoms with van der Waals surface area (Å²) >= 11 is 16.4. The fourth-order valence-corrected chi connectivity index (χ4v) is 1.59. The number of carbonyl (C=O) groups excluding carboxylic acids is 1. The van der Waals surface area contributed by atoms with Crippen LogP contribution >= 0.6 is 34.8 Å². The van der Waals surface area contributed by atoms with Crippen LogP contribution in [0.3, 0.4) is 0 Å². The second kappa shape index (κ2) is 5.77. The van der Waals surface area contributed by atoms with E-state index in [9.17, 15) is 4.79 Å². The van der Waals surface area contributed by atoms with Crippen LogP contribution in [0.25, 0.3) is 0 Å². The molecule has 0 radical (unpaired) electrons. The van der Waals surface area contributed by atoms with Gasteiger partial charge < -0.3 is 9.26 Å². The van der Waals surface area contributed by atoms with Crippen molar-refractivity contribution in [2.24, 2.45) is 0 Å². The normalized spacial score (nSPS) is 12.4. The molecule has 1 N–H and O–H groups in total. The van der Waals surface area contributed by atoms with Crippen LogP contribution in [0.4, 0.5) is 10.7 Å². The Hall–Kier alpha value is -0.650. The highest BCUT2D eigenvalue weighted by Crippen LogP contribution is 2.29. The van der Waals surface area contributed by atoms with E-state index < -0.39 is 9.89 Å². The summed E-state index contributed by atoms with van der Waals surface area (Å²) in [6.45, 7) is 7.40. The molecule has 0 aliphatic rings. The molecule has 0 fully saturated rings. The molecule has 0 unspecified atom stereocenters. The zero-order valence-electron chi connectivity index (χ0n) is 11.0. The molecule has 8 heteroatoms. The van der Waals surface area contributed by atoms with Gasteiger partial charge in [-0.05, 0) is 6.92 Å². The Labute approximate surface area is 126 Å². The van der Waals surface area contributed by atoms with Gasteiger partial charge in [-0.15, -0.1) is 0 Å². The number of nitrogens with zero attached hydrogens (tertiary/aromatic N) is 1. The largest absolute Gasteiger partial charge is 0.445 e. The molecular formula is C11H15Cl3N2O3. The summed E-state index contributed by atoms with van der Waals surface area (Å²) in [5, 5.41) is 6.33. The Morgan fingerprint density at radius 2 is 1.95 bits per heavy atom. The average Bonchev–Trinajstić information content (AvgIpc) is 2.56. The summed E-state index contributed by atoms with van der Waals surface area (Å²) in [6.07, 6.45) is -0.772. The van der Waals surface area contributed by atoms with E-state index in [1.807, 2.05) is 20.8 Å². The van der Waals surface area contributed by atoms with Gasteiger partial charge in [-0.1, -0.05) is 60.7 Å². The van der Waals surface area contributed by atoms with Crippen LogP contribution in [-0.2, 0) is 10.2 Å². The van der Waals surface area contributed by atoms with Gasteiger partial charge in [-0.25, -0.2) is 4.79 Å². The number of alkyl halides is 3. The maximum absolute atomic E-state index is 11.5. The molecule has 0 spiro atoms. The predicted octanol–water partition coefficient (Wildman–Crippen LogP) is 4.20. The lowest BCUT2D eigenvalue weighted by molar-refractivity contribution is 0.163. The van der Waals surface area contributed by atoms with Crippen molar-refractivity contribution in [1.82, 2.24) is 5.16 Å². The Kier molecular flexibility index (Phi) is 4.98. The summed E-state index contributed by atoms with van der Waals surface area (Å²) in [7, 11) is 0. The molecule has 0 saturated carbocycles. The summed E-state index contributed by atoms with van der Waals surface area (Å²) in [6, 6.07) is 0. The van der Waals surface area contributed by atoms with Crippen molar-refractivity contribution >= 4 is 46.8 Å². The second-order valence-electron chi connectivity index (χ2n) is 5.05. The molecule has 0 aliphatic heterocycles. The lowest BCUT2D eigenvalue weighted by Gasteiger charge is -2.15. The van der Waals surface area contributed by atoms with Crippen LogP contribution in [0.15, 0.2) is 4.52 Å². The number of amides is 1. The SMILES string of the molecule is Cc1c(C(C)(C)C)noc1NC(=O)OCC(Cl)(Cl)Cl. The van der Waals surface area contributed by atoms with Gasteiger partial charge in [-0.3, -0.25) is 5.32 Å². The third kappa shape index (κ3) is 5.09. The molecule has 1 rings (SSSR count). The third-order valence-corrected chi connectivity index (χ3v) is 2.54. The fourth-order valence-electron chi connectivity index (χ4n) is 1.43. The van der Waals surface area contributed by atoms with Gasteiger partial charge in [0, 0.05) is 11.0 Å². The Morgan fingerprint density at radius 3 is 2.37 bits per heavy atom. The lowest BCUT2D eigenvalue weighted by Crippen LogP contribution is -2.21. The molecule has 0 aromatic carbocycles. The van der Waals surface area contributed by atoms with Crippen LogP contribution < -0.4 is 5.32 Å². The smallest absolute Gasteiger partial charge is 0.414 e. The molecular weight excluding hydrogens is 314 g/mol. The van der Waals surface area contributed by atoms with Crippen LogP contribution in [0.5, 0.6) is 0 Å². The minimum Gasteiger partial charge on any atom is -0.445 e. The number of carbonyl (C=O) groups is 1. The highest BCUT2D eigenvalue weighted by molar-refractivity contribution is 6.67. The highest BCUT2D eigenvalue weighted by Gasteiger charge is 2.26. The number of hydrogen-bond acceptors (Lipinski definition) is 4. The van der Waals surface area contributed by atoms with Gasteiger partial charge in [0.2, 0.25) is 9.68 Å². The van der Waals surface area contributed by atoms with Crippen molar-refractivity contribution in [3.05, 3.63) is 11.3 Å². The summed E-state index contributed by atoms with van der Waals surface area (Å²) in [4.78, 5) is 11.5. The molecule has 1 heterocycles. The van der Waals surface area contributed by atoms with Crippen LogP contribution in [0, 0.1) is 6.92 Å². The third-order valence-electron chi connectivity index (χ3n) is 2.22. The first-order valence-corrected chi connectivity index (χ1v) is 6.61. The standard InChI is InChI=1S/C11H15Cl3N2O3/c1-6-7(10(2,3)4)16-19-8(6)15-9(17)18-5-11(12,13)14/h5H2,1-4H3,(H,15,17). The molecule has 1 aromatic rings. The van der Waals surface area contributed by atoms with Crippen molar-refractivity contribution in [2.75, 3.05) is 11.9 Å². The lowest BCUT2D eigenvalue weighted by atomic mass is 9.90. The molecule has 0 saturated heterocycles. The zero-order valence-corrected chi connectivity index (χ0v) is 13.3. The van der Waals surface area contributed by atoms with E-state index >= 15 is 0 Å².